The minimum Gasteiger partial charge on any atom is -0.396 e. The van der Waals surface area contributed by atoms with Crippen molar-refractivity contribution in [2.24, 2.45) is 5.92 Å². The molecule has 96 valence electrons. The minimum atomic E-state index is -4.43. The second-order valence-corrected chi connectivity index (χ2v) is 5.04. The van der Waals surface area contributed by atoms with Gasteiger partial charge in [0.1, 0.15) is 5.15 Å². The Hall–Kier alpha value is -0.460. The number of aliphatic hydroxyl groups is 1. The quantitative estimate of drug-likeness (QED) is 0.679. The molecule has 0 aliphatic heterocycles. The van der Waals surface area contributed by atoms with Gasteiger partial charge in [-0.1, -0.05) is 18.5 Å². The third-order valence-electron chi connectivity index (χ3n) is 1.93. The van der Waals surface area contributed by atoms with E-state index in [9.17, 15) is 13.2 Å². The summed E-state index contributed by atoms with van der Waals surface area (Å²) in [6, 6.07) is 1.75. The number of hydrogen-bond acceptors (Lipinski definition) is 3. The molecule has 0 saturated heterocycles. The van der Waals surface area contributed by atoms with Crippen LogP contribution in [0.4, 0.5) is 13.2 Å². The highest BCUT2D eigenvalue weighted by atomic mass is 35.5. The second-order valence-electron chi connectivity index (χ2n) is 3.61. The molecule has 0 aliphatic carbocycles. The van der Waals surface area contributed by atoms with Crippen molar-refractivity contribution < 1.29 is 18.3 Å². The molecule has 0 fully saturated rings. The predicted octanol–water partition coefficient (Wildman–Crippen LogP) is 3.47. The largest absolute Gasteiger partial charge is 0.416 e. The van der Waals surface area contributed by atoms with Crippen molar-refractivity contribution in [3.63, 3.8) is 0 Å². The summed E-state index contributed by atoms with van der Waals surface area (Å²) in [6.07, 6.45) is -4.43. The Morgan fingerprint density at radius 2 is 2.12 bits per heavy atom. The Morgan fingerprint density at radius 3 is 2.65 bits per heavy atom. The van der Waals surface area contributed by atoms with Crippen molar-refractivity contribution in [1.82, 2.24) is 4.98 Å². The van der Waals surface area contributed by atoms with Crippen molar-refractivity contribution >= 4 is 23.4 Å². The molecule has 0 saturated carbocycles. The number of halogens is 4. The van der Waals surface area contributed by atoms with E-state index >= 15 is 0 Å². The van der Waals surface area contributed by atoms with Crippen molar-refractivity contribution in [2.45, 2.75) is 18.1 Å². The molecular formula is C10H11ClF3NOS. The molecule has 1 aromatic heterocycles. The average molecular weight is 286 g/mol. The van der Waals surface area contributed by atoms with Crippen LogP contribution in [0.2, 0.25) is 5.15 Å². The standard InChI is InChI=1S/C10H11ClF3NOS/c1-6(4-16)5-17-9-3-7(10(12,13)14)2-8(11)15-9/h2-3,6,16H,4-5H2,1H3. The first-order valence-corrected chi connectivity index (χ1v) is 6.17. The molecule has 0 aromatic carbocycles. The number of pyridine rings is 1. The van der Waals surface area contributed by atoms with Crippen LogP contribution in [0.3, 0.4) is 0 Å². The zero-order valence-electron chi connectivity index (χ0n) is 8.96. The van der Waals surface area contributed by atoms with E-state index in [1.54, 1.807) is 6.92 Å². The van der Waals surface area contributed by atoms with Crippen LogP contribution < -0.4 is 0 Å². The van der Waals surface area contributed by atoms with Crippen LogP contribution in [0.5, 0.6) is 0 Å². The zero-order valence-corrected chi connectivity index (χ0v) is 10.5. The number of thioether (sulfide) groups is 1. The van der Waals surface area contributed by atoms with Crippen LogP contribution in [-0.2, 0) is 6.18 Å². The molecule has 1 atom stereocenters. The fourth-order valence-corrected chi connectivity index (χ4v) is 2.18. The number of nitrogens with zero attached hydrogens (tertiary/aromatic N) is 1. The van der Waals surface area contributed by atoms with Gasteiger partial charge in [-0.2, -0.15) is 13.2 Å². The van der Waals surface area contributed by atoms with Crippen LogP contribution >= 0.6 is 23.4 Å². The lowest BCUT2D eigenvalue weighted by molar-refractivity contribution is -0.137. The molecule has 0 spiro atoms. The number of hydrogen-bond donors (Lipinski definition) is 1. The maximum Gasteiger partial charge on any atom is 0.416 e. The van der Waals surface area contributed by atoms with Gasteiger partial charge in [0.2, 0.25) is 0 Å². The first-order valence-electron chi connectivity index (χ1n) is 4.81. The molecule has 1 rings (SSSR count). The SMILES string of the molecule is CC(CO)CSc1cc(C(F)(F)F)cc(Cl)n1. The summed E-state index contributed by atoms with van der Waals surface area (Å²) in [6.45, 7) is 1.78. The highest BCUT2D eigenvalue weighted by Gasteiger charge is 2.31. The third kappa shape index (κ3) is 4.73. The Balaban J connectivity index is 2.83. The summed E-state index contributed by atoms with van der Waals surface area (Å²) in [7, 11) is 0. The predicted molar refractivity (Wildman–Crippen MR) is 61.2 cm³/mol. The summed E-state index contributed by atoms with van der Waals surface area (Å²) < 4.78 is 37.4. The van der Waals surface area contributed by atoms with Crippen molar-refractivity contribution in [1.29, 1.82) is 0 Å². The highest BCUT2D eigenvalue weighted by Crippen LogP contribution is 2.33. The van der Waals surface area contributed by atoms with Gasteiger partial charge in [-0.05, 0) is 18.1 Å². The van der Waals surface area contributed by atoms with E-state index in [1.165, 1.54) is 0 Å². The maximum atomic E-state index is 12.5. The molecule has 7 heteroatoms. The van der Waals surface area contributed by atoms with Gasteiger partial charge in [-0.15, -0.1) is 11.8 Å². The summed E-state index contributed by atoms with van der Waals surface area (Å²) in [5, 5.41) is 8.84. The Labute approximate surface area is 106 Å². The first kappa shape index (κ1) is 14.6. The number of aliphatic hydroxyl groups excluding tert-OH is 1. The summed E-state index contributed by atoms with van der Waals surface area (Å²) >= 11 is 6.67. The Morgan fingerprint density at radius 1 is 1.47 bits per heavy atom. The normalized spacial score (nSPS) is 13.8. The van der Waals surface area contributed by atoms with Crippen LogP contribution in [0.15, 0.2) is 17.2 Å². The van der Waals surface area contributed by atoms with E-state index < -0.39 is 11.7 Å². The molecular weight excluding hydrogens is 275 g/mol. The molecule has 1 aromatic rings. The fraction of sp³-hybridized carbons (Fsp3) is 0.500. The lowest BCUT2D eigenvalue weighted by Crippen LogP contribution is -2.07. The van der Waals surface area contributed by atoms with E-state index in [0.29, 0.717) is 5.75 Å². The zero-order chi connectivity index (χ0) is 13.1. The van der Waals surface area contributed by atoms with E-state index in [0.717, 1.165) is 23.9 Å². The van der Waals surface area contributed by atoms with Crippen molar-refractivity contribution in [3.8, 4) is 0 Å². The van der Waals surface area contributed by atoms with E-state index in [-0.39, 0.29) is 22.7 Å². The Kier molecular flexibility index (Phi) is 5.09. The fourth-order valence-electron chi connectivity index (χ4n) is 0.991. The smallest absolute Gasteiger partial charge is 0.396 e. The van der Waals surface area contributed by atoms with Gasteiger partial charge in [0.15, 0.2) is 0 Å². The maximum absolute atomic E-state index is 12.5. The lowest BCUT2D eigenvalue weighted by atomic mass is 10.2. The summed E-state index contributed by atoms with van der Waals surface area (Å²) in [5.74, 6) is 0.483. The first-order chi connectivity index (χ1) is 7.82. The minimum absolute atomic E-state index is 0.00452. The highest BCUT2D eigenvalue weighted by molar-refractivity contribution is 7.99. The molecule has 1 unspecified atom stereocenters. The van der Waals surface area contributed by atoms with Crippen molar-refractivity contribution in [2.75, 3.05) is 12.4 Å². The number of alkyl halides is 3. The van der Waals surface area contributed by atoms with Gasteiger partial charge in [-0.25, -0.2) is 4.98 Å². The molecule has 2 nitrogen and oxygen atoms in total. The molecule has 0 bridgehead atoms. The summed E-state index contributed by atoms with van der Waals surface area (Å²) in [5.41, 5.74) is -0.809. The van der Waals surface area contributed by atoms with E-state index in [4.69, 9.17) is 16.7 Å². The van der Waals surface area contributed by atoms with Crippen LogP contribution in [-0.4, -0.2) is 22.5 Å². The molecule has 17 heavy (non-hydrogen) atoms. The number of aromatic nitrogens is 1. The second kappa shape index (κ2) is 5.93. The van der Waals surface area contributed by atoms with Gasteiger partial charge < -0.3 is 5.11 Å². The van der Waals surface area contributed by atoms with Gasteiger partial charge in [-0.3, -0.25) is 0 Å². The molecule has 0 radical (unpaired) electrons. The molecule has 1 heterocycles. The summed E-state index contributed by atoms with van der Waals surface area (Å²) in [4.78, 5) is 3.80. The molecule has 0 amide bonds. The van der Waals surface area contributed by atoms with Crippen LogP contribution in [0.1, 0.15) is 12.5 Å². The van der Waals surface area contributed by atoms with Crippen LogP contribution in [0.25, 0.3) is 0 Å². The monoisotopic (exact) mass is 285 g/mol. The Bertz CT molecular complexity index is 386. The van der Waals surface area contributed by atoms with Gasteiger partial charge >= 0.3 is 6.18 Å². The number of rotatable bonds is 4. The topological polar surface area (TPSA) is 33.1 Å². The van der Waals surface area contributed by atoms with Crippen molar-refractivity contribution in [3.05, 3.63) is 22.8 Å². The molecule has 1 N–H and O–H groups in total. The van der Waals surface area contributed by atoms with Gasteiger partial charge in [0, 0.05) is 12.4 Å². The van der Waals surface area contributed by atoms with Crippen LogP contribution in [0, 0.1) is 5.92 Å². The van der Waals surface area contributed by atoms with E-state index in [1.807, 2.05) is 0 Å². The lowest BCUT2D eigenvalue weighted by Gasteiger charge is -2.10. The van der Waals surface area contributed by atoms with E-state index in [2.05, 4.69) is 4.98 Å². The van der Waals surface area contributed by atoms with Gasteiger partial charge in [0.25, 0.3) is 0 Å². The molecule has 0 aliphatic rings. The third-order valence-corrected chi connectivity index (χ3v) is 3.36. The average Bonchev–Trinajstić information content (AvgIpc) is 2.24. The van der Waals surface area contributed by atoms with Gasteiger partial charge in [0.05, 0.1) is 10.6 Å².